The lowest BCUT2D eigenvalue weighted by Crippen LogP contribution is -2.17. The molecule has 2 aromatic carbocycles. The van der Waals surface area contributed by atoms with Crippen LogP contribution in [0.4, 0.5) is 0 Å². The van der Waals surface area contributed by atoms with E-state index >= 15 is 0 Å². The first kappa shape index (κ1) is 22.4. The molecule has 0 aliphatic carbocycles. The molecule has 0 aliphatic rings. The van der Waals surface area contributed by atoms with Crippen molar-refractivity contribution < 1.29 is 4.74 Å². The Labute approximate surface area is 185 Å². The molecule has 0 saturated carbocycles. The molecule has 0 aliphatic heterocycles. The Morgan fingerprint density at radius 1 is 1.06 bits per heavy atom. The van der Waals surface area contributed by atoms with Crippen molar-refractivity contribution in [3.05, 3.63) is 123 Å². The number of nitrogens with one attached hydrogen (secondary N) is 1. The normalized spacial score (nSPS) is 11.8. The van der Waals surface area contributed by atoms with Gasteiger partial charge in [0.05, 0.1) is 6.61 Å². The lowest BCUT2D eigenvalue weighted by atomic mass is 10.00. The molecule has 0 saturated heterocycles. The molecule has 3 rings (SSSR count). The molecular formula is C28H31NO2. The summed E-state index contributed by atoms with van der Waals surface area (Å²) in [6.07, 6.45) is 9.99. The van der Waals surface area contributed by atoms with Crippen LogP contribution in [0, 0.1) is 6.92 Å². The number of aromatic amines is 1. The number of benzene rings is 2. The standard InChI is InChI=1S/C28H31NO2/c1-4-6-12-27(25-14-13-22(5-2)19-21(25)3)31-18-16-26-24(15-17-29-28(26)30)20-23-10-8-7-9-11-23/h4,6-15,17,19H,5,16,18,20H2,1-3H3,(H,29,30)/b6-4?,27-12+. The molecular weight excluding hydrogens is 382 g/mol. The van der Waals surface area contributed by atoms with Crippen LogP contribution in [-0.2, 0) is 24.0 Å². The van der Waals surface area contributed by atoms with E-state index in [9.17, 15) is 4.79 Å². The summed E-state index contributed by atoms with van der Waals surface area (Å²) in [5.74, 6) is 0.829. The summed E-state index contributed by atoms with van der Waals surface area (Å²) >= 11 is 0. The fourth-order valence-corrected chi connectivity index (χ4v) is 3.69. The second-order valence-corrected chi connectivity index (χ2v) is 7.63. The maximum Gasteiger partial charge on any atom is 0.251 e. The Bertz CT molecular complexity index is 1110. The van der Waals surface area contributed by atoms with Crippen LogP contribution in [0.3, 0.4) is 0 Å². The molecule has 3 nitrogen and oxygen atoms in total. The van der Waals surface area contributed by atoms with Gasteiger partial charge in [0.25, 0.3) is 5.56 Å². The number of H-pyrrole nitrogens is 1. The number of hydrogen-bond acceptors (Lipinski definition) is 2. The van der Waals surface area contributed by atoms with Crippen molar-refractivity contribution in [3.8, 4) is 0 Å². The van der Waals surface area contributed by atoms with Gasteiger partial charge in [0, 0.05) is 23.7 Å². The third kappa shape index (κ3) is 6.08. The van der Waals surface area contributed by atoms with Crippen LogP contribution in [0.1, 0.15) is 47.2 Å². The van der Waals surface area contributed by atoms with Crippen LogP contribution in [0.2, 0.25) is 0 Å². The zero-order valence-corrected chi connectivity index (χ0v) is 18.7. The maximum absolute atomic E-state index is 12.5. The molecule has 3 heteroatoms. The fraction of sp³-hybridized carbons (Fsp3) is 0.250. The summed E-state index contributed by atoms with van der Waals surface area (Å²) in [7, 11) is 0. The lowest BCUT2D eigenvalue weighted by Gasteiger charge is -2.15. The zero-order chi connectivity index (χ0) is 22.1. The van der Waals surface area contributed by atoms with Crippen molar-refractivity contribution in [2.24, 2.45) is 0 Å². The van der Waals surface area contributed by atoms with Crippen molar-refractivity contribution in [1.82, 2.24) is 4.98 Å². The molecule has 0 bridgehead atoms. The zero-order valence-electron chi connectivity index (χ0n) is 18.7. The highest BCUT2D eigenvalue weighted by Gasteiger charge is 2.11. The molecule has 0 spiro atoms. The predicted molar refractivity (Wildman–Crippen MR) is 129 cm³/mol. The summed E-state index contributed by atoms with van der Waals surface area (Å²) in [6.45, 7) is 6.70. The van der Waals surface area contributed by atoms with Gasteiger partial charge in [-0.1, -0.05) is 67.6 Å². The van der Waals surface area contributed by atoms with E-state index in [1.165, 1.54) is 16.7 Å². The number of ether oxygens (including phenoxy) is 1. The molecule has 0 radical (unpaired) electrons. The monoisotopic (exact) mass is 413 g/mol. The van der Waals surface area contributed by atoms with Gasteiger partial charge in [-0.05, 0) is 61.1 Å². The molecule has 3 aromatic rings. The first-order valence-corrected chi connectivity index (χ1v) is 10.9. The first-order chi connectivity index (χ1) is 15.1. The summed E-state index contributed by atoms with van der Waals surface area (Å²) < 4.78 is 6.21. The third-order valence-electron chi connectivity index (χ3n) is 5.41. The molecule has 31 heavy (non-hydrogen) atoms. The molecule has 160 valence electrons. The average molecular weight is 414 g/mol. The van der Waals surface area contributed by atoms with Gasteiger partial charge in [-0.3, -0.25) is 4.79 Å². The number of allylic oxidation sites excluding steroid dienone is 3. The first-order valence-electron chi connectivity index (χ1n) is 10.9. The van der Waals surface area contributed by atoms with Crippen LogP contribution in [0.5, 0.6) is 0 Å². The largest absolute Gasteiger partial charge is 0.493 e. The lowest BCUT2D eigenvalue weighted by molar-refractivity contribution is 0.280. The van der Waals surface area contributed by atoms with Gasteiger partial charge in [-0.2, -0.15) is 0 Å². The predicted octanol–water partition coefficient (Wildman–Crippen LogP) is 6.01. The van der Waals surface area contributed by atoms with E-state index in [-0.39, 0.29) is 5.56 Å². The second kappa shape index (κ2) is 11.2. The van der Waals surface area contributed by atoms with Gasteiger partial charge in [-0.15, -0.1) is 0 Å². The third-order valence-corrected chi connectivity index (χ3v) is 5.41. The van der Waals surface area contributed by atoms with Crippen LogP contribution < -0.4 is 5.56 Å². The van der Waals surface area contributed by atoms with Gasteiger partial charge in [0.2, 0.25) is 0 Å². The van der Waals surface area contributed by atoms with Crippen molar-refractivity contribution >= 4 is 5.76 Å². The summed E-state index contributed by atoms with van der Waals surface area (Å²) in [5.41, 5.74) is 6.57. The minimum atomic E-state index is -0.0421. The number of hydrogen-bond donors (Lipinski definition) is 1. The van der Waals surface area contributed by atoms with Crippen LogP contribution in [0.25, 0.3) is 5.76 Å². The van der Waals surface area contributed by atoms with Crippen LogP contribution in [-0.4, -0.2) is 11.6 Å². The van der Waals surface area contributed by atoms with Crippen molar-refractivity contribution in [2.45, 2.75) is 40.0 Å². The van der Waals surface area contributed by atoms with E-state index < -0.39 is 0 Å². The molecule has 1 aromatic heterocycles. The number of aromatic nitrogens is 1. The fourth-order valence-electron chi connectivity index (χ4n) is 3.69. The van der Waals surface area contributed by atoms with Gasteiger partial charge in [0.1, 0.15) is 5.76 Å². The minimum absolute atomic E-state index is 0.0421. The molecule has 0 atom stereocenters. The quantitative estimate of drug-likeness (QED) is 0.345. The number of aryl methyl sites for hydroxylation is 2. The number of rotatable bonds is 9. The Kier molecular flexibility index (Phi) is 8.05. The highest BCUT2D eigenvalue weighted by Crippen LogP contribution is 2.22. The van der Waals surface area contributed by atoms with Crippen molar-refractivity contribution in [2.75, 3.05) is 6.61 Å². The SMILES string of the molecule is CC=C/C=C(/OCCc1c(Cc2ccccc2)cc[nH]c1=O)c1ccc(CC)cc1C. The van der Waals surface area contributed by atoms with Gasteiger partial charge >= 0.3 is 0 Å². The number of pyridine rings is 1. The van der Waals surface area contributed by atoms with Crippen molar-refractivity contribution in [3.63, 3.8) is 0 Å². The molecule has 0 unspecified atom stereocenters. The maximum atomic E-state index is 12.5. The smallest absolute Gasteiger partial charge is 0.251 e. The van der Waals surface area contributed by atoms with E-state index in [1.807, 2.05) is 49.4 Å². The minimum Gasteiger partial charge on any atom is -0.493 e. The average Bonchev–Trinajstić information content (AvgIpc) is 2.78. The highest BCUT2D eigenvalue weighted by molar-refractivity contribution is 5.64. The van der Waals surface area contributed by atoms with Gasteiger partial charge in [0.15, 0.2) is 0 Å². The Hall–Kier alpha value is -3.33. The van der Waals surface area contributed by atoms with E-state index in [0.717, 1.165) is 35.3 Å². The van der Waals surface area contributed by atoms with Gasteiger partial charge in [-0.25, -0.2) is 0 Å². The van der Waals surface area contributed by atoms with E-state index in [4.69, 9.17) is 4.74 Å². The topological polar surface area (TPSA) is 42.1 Å². The van der Waals surface area contributed by atoms with Crippen LogP contribution in [0.15, 0.2) is 83.8 Å². The summed E-state index contributed by atoms with van der Waals surface area (Å²) in [4.78, 5) is 15.4. The summed E-state index contributed by atoms with van der Waals surface area (Å²) in [6, 6.07) is 18.7. The van der Waals surface area contributed by atoms with Crippen LogP contribution >= 0.6 is 0 Å². The molecule has 0 amide bonds. The Morgan fingerprint density at radius 3 is 2.58 bits per heavy atom. The highest BCUT2D eigenvalue weighted by atomic mass is 16.5. The molecule has 1 heterocycles. The second-order valence-electron chi connectivity index (χ2n) is 7.63. The Morgan fingerprint density at radius 2 is 1.87 bits per heavy atom. The van der Waals surface area contributed by atoms with Gasteiger partial charge < -0.3 is 9.72 Å². The van der Waals surface area contributed by atoms with E-state index in [1.54, 1.807) is 6.20 Å². The molecule has 1 N–H and O–H groups in total. The Balaban J connectivity index is 1.78. The summed E-state index contributed by atoms with van der Waals surface area (Å²) in [5, 5.41) is 0. The van der Waals surface area contributed by atoms with E-state index in [2.05, 4.69) is 49.2 Å². The van der Waals surface area contributed by atoms with E-state index in [0.29, 0.717) is 13.0 Å². The van der Waals surface area contributed by atoms with Crippen molar-refractivity contribution in [1.29, 1.82) is 0 Å². The molecule has 0 fully saturated rings.